The number of methoxy groups -OCH3 is 1. The van der Waals surface area contributed by atoms with Gasteiger partial charge in [-0.15, -0.1) is 0 Å². The number of hydrogen-bond donors (Lipinski definition) is 2. The number of rotatable bonds is 6. The lowest BCUT2D eigenvalue weighted by Crippen LogP contribution is -2.39. The summed E-state index contributed by atoms with van der Waals surface area (Å²) in [6.07, 6.45) is 3.50. The summed E-state index contributed by atoms with van der Waals surface area (Å²) in [4.78, 5) is 12.0. The molecule has 0 aliphatic carbocycles. The second-order valence-electron chi connectivity index (χ2n) is 5.46. The standard InChI is InChI=1S/C16H24N2O2/c1-12(11-14-9-6-10-17-14)18-15(16(19)20-2)13-7-4-3-5-8-13/h3-5,7-8,12,14-15,17-18H,6,9-11H2,1-2H3. The second kappa shape index (κ2) is 7.41. The third-order valence-electron chi connectivity index (χ3n) is 3.82. The second-order valence-corrected chi connectivity index (χ2v) is 5.46. The van der Waals surface area contributed by atoms with E-state index in [2.05, 4.69) is 17.6 Å². The van der Waals surface area contributed by atoms with E-state index in [1.54, 1.807) is 0 Å². The minimum Gasteiger partial charge on any atom is -0.468 e. The van der Waals surface area contributed by atoms with Crippen LogP contribution in [0.3, 0.4) is 0 Å². The van der Waals surface area contributed by atoms with Gasteiger partial charge in [-0.1, -0.05) is 30.3 Å². The predicted molar refractivity (Wildman–Crippen MR) is 79.4 cm³/mol. The highest BCUT2D eigenvalue weighted by Crippen LogP contribution is 2.17. The maximum Gasteiger partial charge on any atom is 0.327 e. The van der Waals surface area contributed by atoms with Crippen molar-refractivity contribution in [3.63, 3.8) is 0 Å². The molecule has 0 saturated carbocycles. The summed E-state index contributed by atoms with van der Waals surface area (Å²) in [5.74, 6) is -0.234. The highest BCUT2D eigenvalue weighted by atomic mass is 16.5. The molecular formula is C16H24N2O2. The Labute approximate surface area is 120 Å². The van der Waals surface area contributed by atoms with Gasteiger partial charge in [0.1, 0.15) is 6.04 Å². The van der Waals surface area contributed by atoms with Crippen molar-refractivity contribution in [2.75, 3.05) is 13.7 Å². The third kappa shape index (κ3) is 4.05. The number of hydrogen-bond acceptors (Lipinski definition) is 4. The molecular weight excluding hydrogens is 252 g/mol. The minimum absolute atomic E-state index is 0.234. The number of esters is 1. The summed E-state index contributed by atoms with van der Waals surface area (Å²) in [6.45, 7) is 3.23. The molecule has 4 nitrogen and oxygen atoms in total. The van der Waals surface area contributed by atoms with Crippen LogP contribution in [0.25, 0.3) is 0 Å². The van der Waals surface area contributed by atoms with Gasteiger partial charge in [-0.2, -0.15) is 0 Å². The van der Waals surface area contributed by atoms with E-state index in [9.17, 15) is 4.79 Å². The van der Waals surface area contributed by atoms with Crippen LogP contribution in [-0.2, 0) is 9.53 Å². The molecule has 1 aliphatic rings. The highest BCUT2D eigenvalue weighted by Gasteiger charge is 2.25. The Bertz CT molecular complexity index is 416. The fourth-order valence-corrected chi connectivity index (χ4v) is 2.80. The van der Waals surface area contributed by atoms with Crippen LogP contribution in [0.15, 0.2) is 30.3 Å². The van der Waals surface area contributed by atoms with E-state index in [0.717, 1.165) is 18.5 Å². The van der Waals surface area contributed by atoms with Crippen molar-refractivity contribution >= 4 is 5.97 Å². The molecule has 1 aromatic rings. The Morgan fingerprint density at radius 2 is 2.20 bits per heavy atom. The van der Waals surface area contributed by atoms with Crippen LogP contribution in [0.2, 0.25) is 0 Å². The first-order valence-electron chi connectivity index (χ1n) is 7.33. The maximum absolute atomic E-state index is 12.0. The fraction of sp³-hybridized carbons (Fsp3) is 0.562. The Kier molecular flexibility index (Phi) is 5.56. The van der Waals surface area contributed by atoms with Crippen LogP contribution in [0, 0.1) is 0 Å². The summed E-state index contributed by atoms with van der Waals surface area (Å²) in [6, 6.07) is 10.2. The SMILES string of the molecule is COC(=O)C(NC(C)CC1CCCN1)c1ccccc1. The van der Waals surface area contributed by atoms with Gasteiger partial charge in [0.25, 0.3) is 0 Å². The normalized spacial score (nSPS) is 21.4. The van der Waals surface area contributed by atoms with E-state index < -0.39 is 6.04 Å². The van der Waals surface area contributed by atoms with Crippen molar-refractivity contribution < 1.29 is 9.53 Å². The first-order chi connectivity index (χ1) is 9.70. The molecule has 1 saturated heterocycles. The number of nitrogens with one attached hydrogen (secondary N) is 2. The Morgan fingerprint density at radius 3 is 2.80 bits per heavy atom. The van der Waals surface area contributed by atoms with Crippen molar-refractivity contribution in [2.45, 2.75) is 44.3 Å². The largest absolute Gasteiger partial charge is 0.468 e. The van der Waals surface area contributed by atoms with Crippen LogP contribution in [0.1, 0.15) is 37.8 Å². The van der Waals surface area contributed by atoms with Gasteiger partial charge in [0.2, 0.25) is 0 Å². The van der Waals surface area contributed by atoms with Crippen LogP contribution in [0.4, 0.5) is 0 Å². The Balaban J connectivity index is 1.98. The lowest BCUT2D eigenvalue weighted by molar-refractivity contribution is -0.143. The van der Waals surface area contributed by atoms with Crippen LogP contribution < -0.4 is 10.6 Å². The first kappa shape index (κ1) is 15.0. The van der Waals surface area contributed by atoms with Gasteiger partial charge in [0.15, 0.2) is 0 Å². The Morgan fingerprint density at radius 1 is 1.45 bits per heavy atom. The van der Waals surface area contributed by atoms with Gasteiger partial charge in [0.05, 0.1) is 7.11 Å². The van der Waals surface area contributed by atoms with E-state index in [0.29, 0.717) is 6.04 Å². The molecule has 0 aromatic heterocycles. The van der Waals surface area contributed by atoms with E-state index >= 15 is 0 Å². The van der Waals surface area contributed by atoms with Crippen molar-refractivity contribution in [3.8, 4) is 0 Å². The quantitative estimate of drug-likeness (QED) is 0.781. The lowest BCUT2D eigenvalue weighted by atomic mass is 10.0. The zero-order chi connectivity index (χ0) is 14.4. The smallest absolute Gasteiger partial charge is 0.327 e. The molecule has 0 bridgehead atoms. The molecule has 110 valence electrons. The molecule has 1 heterocycles. The predicted octanol–water partition coefficient (Wildman–Crippen LogP) is 2.02. The zero-order valence-electron chi connectivity index (χ0n) is 12.3. The molecule has 1 aliphatic heterocycles. The first-order valence-corrected chi connectivity index (χ1v) is 7.33. The molecule has 3 unspecified atom stereocenters. The minimum atomic E-state index is -0.391. The van der Waals surface area contributed by atoms with E-state index in [4.69, 9.17) is 4.74 Å². The summed E-state index contributed by atoms with van der Waals surface area (Å²) >= 11 is 0. The summed E-state index contributed by atoms with van der Waals surface area (Å²) in [5.41, 5.74) is 0.950. The summed E-state index contributed by atoms with van der Waals surface area (Å²) in [7, 11) is 1.43. The lowest BCUT2D eigenvalue weighted by Gasteiger charge is -2.24. The van der Waals surface area contributed by atoms with Gasteiger partial charge < -0.3 is 10.1 Å². The molecule has 1 aromatic carbocycles. The van der Waals surface area contributed by atoms with Crippen molar-refractivity contribution in [3.05, 3.63) is 35.9 Å². The molecule has 0 amide bonds. The van der Waals surface area contributed by atoms with Crippen molar-refractivity contribution in [1.29, 1.82) is 0 Å². The molecule has 4 heteroatoms. The topological polar surface area (TPSA) is 50.4 Å². The number of ether oxygens (including phenoxy) is 1. The van der Waals surface area contributed by atoms with Gasteiger partial charge in [0, 0.05) is 12.1 Å². The number of carbonyl (C=O) groups is 1. The van der Waals surface area contributed by atoms with Gasteiger partial charge in [-0.05, 0) is 38.3 Å². The van der Waals surface area contributed by atoms with E-state index in [1.165, 1.54) is 20.0 Å². The summed E-state index contributed by atoms with van der Waals surface area (Å²) < 4.78 is 4.92. The Hall–Kier alpha value is -1.39. The molecule has 3 atom stereocenters. The molecule has 2 rings (SSSR count). The van der Waals surface area contributed by atoms with Crippen molar-refractivity contribution in [1.82, 2.24) is 10.6 Å². The van der Waals surface area contributed by atoms with Crippen LogP contribution in [0.5, 0.6) is 0 Å². The molecule has 2 N–H and O–H groups in total. The van der Waals surface area contributed by atoms with Crippen molar-refractivity contribution in [2.24, 2.45) is 0 Å². The van der Waals surface area contributed by atoms with E-state index in [-0.39, 0.29) is 12.0 Å². The zero-order valence-corrected chi connectivity index (χ0v) is 12.3. The van der Waals surface area contributed by atoms with Gasteiger partial charge in [-0.25, -0.2) is 4.79 Å². The summed E-state index contributed by atoms with van der Waals surface area (Å²) in [5, 5.41) is 6.88. The van der Waals surface area contributed by atoms with Gasteiger partial charge in [-0.3, -0.25) is 5.32 Å². The monoisotopic (exact) mass is 276 g/mol. The fourth-order valence-electron chi connectivity index (χ4n) is 2.80. The molecule has 1 fully saturated rings. The van der Waals surface area contributed by atoms with Gasteiger partial charge >= 0.3 is 5.97 Å². The average molecular weight is 276 g/mol. The van der Waals surface area contributed by atoms with Crippen LogP contribution >= 0.6 is 0 Å². The highest BCUT2D eigenvalue weighted by molar-refractivity contribution is 5.77. The molecule has 0 radical (unpaired) electrons. The number of carbonyl (C=O) groups excluding carboxylic acids is 1. The van der Waals surface area contributed by atoms with Crippen LogP contribution in [-0.4, -0.2) is 31.7 Å². The molecule has 0 spiro atoms. The van der Waals surface area contributed by atoms with E-state index in [1.807, 2.05) is 30.3 Å². The maximum atomic E-state index is 12.0. The number of benzene rings is 1. The average Bonchev–Trinajstić information content (AvgIpc) is 2.97. The molecule has 20 heavy (non-hydrogen) atoms. The third-order valence-corrected chi connectivity index (χ3v) is 3.82.